The third kappa shape index (κ3) is 4.77. The first-order valence-electron chi connectivity index (χ1n) is 11.2. The first-order chi connectivity index (χ1) is 16.8. The van der Waals surface area contributed by atoms with Crippen molar-refractivity contribution in [3.63, 3.8) is 0 Å². The summed E-state index contributed by atoms with van der Waals surface area (Å²) in [5.74, 6) is 5.79. The van der Waals surface area contributed by atoms with Crippen molar-refractivity contribution in [2.24, 2.45) is 5.73 Å². The van der Waals surface area contributed by atoms with Crippen LogP contribution in [0.5, 0.6) is 0 Å². The molecule has 1 atom stereocenters. The fourth-order valence-electron chi connectivity index (χ4n) is 4.21. The number of nitrogen functional groups attached to an aromatic ring is 1. The molecule has 1 aliphatic rings. The molecule has 3 heterocycles. The minimum Gasteiger partial charge on any atom is -0.364 e. The van der Waals surface area contributed by atoms with Crippen LogP contribution in [0.15, 0.2) is 55.3 Å². The summed E-state index contributed by atoms with van der Waals surface area (Å²) >= 11 is 0. The lowest BCUT2D eigenvalue weighted by molar-refractivity contribution is -0.129. The monoisotopic (exact) mass is 473 g/mol. The molecule has 0 bridgehead atoms. The van der Waals surface area contributed by atoms with E-state index in [2.05, 4.69) is 21.9 Å². The number of amides is 3. The summed E-state index contributed by atoms with van der Waals surface area (Å²) in [6.45, 7) is 6.03. The van der Waals surface area contributed by atoms with Crippen molar-refractivity contribution in [3.8, 4) is 11.3 Å². The minimum atomic E-state index is -0.745. The van der Waals surface area contributed by atoms with Gasteiger partial charge in [0.05, 0.1) is 6.04 Å². The van der Waals surface area contributed by atoms with Crippen LogP contribution in [0.2, 0.25) is 0 Å². The van der Waals surface area contributed by atoms with Gasteiger partial charge in [-0.05, 0) is 56.0 Å². The number of benzene rings is 1. The number of pyridine rings is 1. The lowest BCUT2D eigenvalue weighted by Crippen LogP contribution is -2.39. The molecule has 2 aromatic heterocycles. The van der Waals surface area contributed by atoms with Gasteiger partial charge in [-0.3, -0.25) is 14.4 Å². The molecule has 0 aliphatic carbocycles. The van der Waals surface area contributed by atoms with Crippen LogP contribution in [0.25, 0.3) is 11.3 Å². The van der Waals surface area contributed by atoms with E-state index in [1.807, 2.05) is 13.0 Å². The predicted octanol–water partition coefficient (Wildman–Crippen LogP) is 2.56. The van der Waals surface area contributed by atoms with E-state index in [1.165, 1.54) is 10.8 Å². The molecule has 5 N–H and O–H groups in total. The molecule has 10 heteroatoms. The highest BCUT2D eigenvalue weighted by Gasteiger charge is 2.33. The number of aromatic nitrogens is 3. The van der Waals surface area contributed by atoms with Gasteiger partial charge >= 0.3 is 0 Å². The average molecular weight is 474 g/mol. The third-order valence-electron chi connectivity index (χ3n) is 6.00. The third-order valence-corrected chi connectivity index (χ3v) is 6.00. The van der Waals surface area contributed by atoms with Crippen LogP contribution in [-0.2, 0) is 4.79 Å². The first kappa shape index (κ1) is 23.7. The van der Waals surface area contributed by atoms with Gasteiger partial charge in [0.15, 0.2) is 11.5 Å². The highest BCUT2D eigenvalue weighted by molar-refractivity contribution is 6.04. The molecule has 35 heavy (non-hydrogen) atoms. The number of hydrogen-bond donors (Lipinski definition) is 3. The number of nitrogens with zero attached hydrogens (tertiary/aromatic N) is 4. The van der Waals surface area contributed by atoms with Crippen molar-refractivity contribution in [2.75, 3.05) is 17.7 Å². The summed E-state index contributed by atoms with van der Waals surface area (Å²) in [4.78, 5) is 47.8. The number of nitrogens with one attached hydrogen (secondary N) is 1. The Morgan fingerprint density at radius 1 is 1.14 bits per heavy atom. The van der Waals surface area contributed by atoms with Crippen molar-refractivity contribution in [1.29, 1.82) is 0 Å². The van der Waals surface area contributed by atoms with E-state index in [-0.39, 0.29) is 17.5 Å². The molecule has 0 radical (unpaired) electrons. The number of carbonyl (C=O) groups is 3. The van der Waals surface area contributed by atoms with Crippen molar-refractivity contribution in [3.05, 3.63) is 77.9 Å². The van der Waals surface area contributed by atoms with Gasteiger partial charge in [0, 0.05) is 23.9 Å². The molecule has 180 valence electrons. The molecule has 3 amide bonds. The van der Waals surface area contributed by atoms with E-state index in [0.717, 1.165) is 18.4 Å². The SMILES string of the molecule is C=CC(=O)N1CCCC[C@H]1c1nc(-c2ccc(C(=O)Nc3ccc(C)cn3)cc2)c(C(N)=O)n1N. The van der Waals surface area contributed by atoms with Crippen LogP contribution in [0.4, 0.5) is 5.82 Å². The largest absolute Gasteiger partial charge is 0.364 e. The Labute approximate surface area is 202 Å². The number of piperidine rings is 1. The Hall–Kier alpha value is -4.47. The summed E-state index contributed by atoms with van der Waals surface area (Å²) in [6, 6.07) is 9.75. The summed E-state index contributed by atoms with van der Waals surface area (Å²) in [6.07, 6.45) is 5.32. The van der Waals surface area contributed by atoms with E-state index >= 15 is 0 Å². The number of rotatable bonds is 6. The molecule has 1 aromatic carbocycles. The summed E-state index contributed by atoms with van der Waals surface area (Å²) in [7, 11) is 0. The van der Waals surface area contributed by atoms with Crippen molar-refractivity contribution >= 4 is 23.5 Å². The first-order valence-corrected chi connectivity index (χ1v) is 11.2. The Kier molecular flexibility index (Phi) is 6.63. The molecule has 1 fully saturated rings. The van der Waals surface area contributed by atoms with Crippen LogP contribution in [0, 0.1) is 6.92 Å². The van der Waals surface area contributed by atoms with E-state index < -0.39 is 11.9 Å². The van der Waals surface area contributed by atoms with Crippen molar-refractivity contribution in [1.82, 2.24) is 19.5 Å². The molecule has 0 unspecified atom stereocenters. The number of anilines is 1. The van der Waals surface area contributed by atoms with Crippen LogP contribution in [0.3, 0.4) is 0 Å². The number of hydrogen-bond acceptors (Lipinski definition) is 6. The number of carbonyl (C=O) groups excluding carboxylic acids is 3. The molecule has 0 saturated carbocycles. The predicted molar refractivity (Wildman–Crippen MR) is 132 cm³/mol. The highest BCUT2D eigenvalue weighted by atomic mass is 16.2. The molecule has 3 aromatic rings. The standard InChI is InChI=1S/C25H27N7O3/c1-3-20(33)31-13-5-4-6-18(31)24-30-21(22(23(26)34)32(24)27)16-8-10-17(11-9-16)25(35)29-19-12-7-15(2)14-28-19/h3,7-12,14,18H,1,4-6,13,27H2,2H3,(H2,26,34)(H,28,29,35)/t18-/m0/s1. The average Bonchev–Trinajstić information content (AvgIpc) is 3.22. The summed E-state index contributed by atoms with van der Waals surface area (Å²) < 4.78 is 1.17. The Bertz CT molecular complexity index is 1280. The fourth-order valence-corrected chi connectivity index (χ4v) is 4.21. The van der Waals surface area contributed by atoms with Gasteiger partial charge in [0.2, 0.25) is 5.91 Å². The molecule has 1 saturated heterocycles. The van der Waals surface area contributed by atoms with Crippen molar-refractivity contribution < 1.29 is 14.4 Å². The number of aryl methyl sites for hydroxylation is 1. The molecule has 0 spiro atoms. The number of nitrogens with two attached hydrogens (primary N) is 2. The van der Waals surface area contributed by atoms with Gasteiger partial charge in [-0.1, -0.05) is 24.8 Å². The second-order valence-corrected chi connectivity index (χ2v) is 8.40. The van der Waals surface area contributed by atoms with Gasteiger partial charge in [-0.15, -0.1) is 0 Å². The zero-order valence-electron chi connectivity index (χ0n) is 19.4. The molecular formula is C25H27N7O3. The van der Waals surface area contributed by atoms with Crippen molar-refractivity contribution in [2.45, 2.75) is 32.2 Å². The molecule has 4 rings (SSSR count). The van der Waals surface area contributed by atoms with Crippen LogP contribution < -0.4 is 16.9 Å². The normalized spacial score (nSPS) is 15.5. The van der Waals surface area contributed by atoms with Gasteiger partial charge in [-0.25, -0.2) is 14.6 Å². The number of primary amides is 1. The molecule has 1 aliphatic heterocycles. The van der Waals surface area contributed by atoms with Gasteiger partial charge in [-0.2, -0.15) is 0 Å². The fraction of sp³-hybridized carbons (Fsp3) is 0.240. The quantitative estimate of drug-likeness (QED) is 0.370. The van der Waals surface area contributed by atoms with Crippen LogP contribution >= 0.6 is 0 Å². The zero-order chi connectivity index (χ0) is 25.1. The number of likely N-dealkylation sites (tertiary alicyclic amines) is 1. The Morgan fingerprint density at radius 2 is 1.89 bits per heavy atom. The van der Waals surface area contributed by atoms with E-state index in [9.17, 15) is 14.4 Å². The Morgan fingerprint density at radius 3 is 2.51 bits per heavy atom. The maximum Gasteiger partial charge on any atom is 0.269 e. The van der Waals surface area contributed by atoms with Crippen LogP contribution in [-0.4, -0.2) is 43.8 Å². The Balaban J connectivity index is 1.64. The topological polar surface area (TPSA) is 149 Å². The summed E-state index contributed by atoms with van der Waals surface area (Å²) in [5, 5.41) is 2.74. The van der Waals surface area contributed by atoms with Crippen LogP contribution in [0.1, 0.15) is 57.5 Å². The molecular weight excluding hydrogens is 446 g/mol. The van der Waals surface area contributed by atoms with E-state index in [0.29, 0.717) is 41.4 Å². The summed E-state index contributed by atoms with van der Waals surface area (Å²) in [5.41, 5.74) is 7.91. The second-order valence-electron chi connectivity index (χ2n) is 8.40. The highest BCUT2D eigenvalue weighted by Crippen LogP contribution is 2.33. The second kappa shape index (κ2) is 9.80. The lowest BCUT2D eigenvalue weighted by Gasteiger charge is -2.34. The maximum absolute atomic E-state index is 12.6. The minimum absolute atomic E-state index is 0.0256. The molecule has 10 nitrogen and oxygen atoms in total. The van der Waals surface area contributed by atoms with Gasteiger partial charge < -0.3 is 21.8 Å². The smallest absolute Gasteiger partial charge is 0.269 e. The number of imidazole rings is 1. The van der Waals surface area contributed by atoms with Gasteiger partial charge in [0.1, 0.15) is 11.5 Å². The van der Waals surface area contributed by atoms with E-state index in [1.54, 1.807) is 41.4 Å². The van der Waals surface area contributed by atoms with Gasteiger partial charge in [0.25, 0.3) is 11.8 Å². The maximum atomic E-state index is 12.6. The van der Waals surface area contributed by atoms with E-state index in [4.69, 9.17) is 11.6 Å². The lowest BCUT2D eigenvalue weighted by atomic mass is 10.0. The zero-order valence-corrected chi connectivity index (χ0v) is 19.4.